The molecule has 24 heavy (non-hydrogen) atoms. The van der Waals surface area contributed by atoms with Gasteiger partial charge in [-0.05, 0) is 32.9 Å². The van der Waals surface area contributed by atoms with Crippen molar-refractivity contribution in [3.05, 3.63) is 29.8 Å². The lowest BCUT2D eigenvalue weighted by Crippen LogP contribution is -2.36. The van der Waals surface area contributed by atoms with E-state index in [-0.39, 0.29) is 18.9 Å². The predicted octanol–water partition coefficient (Wildman–Crippen LogP) is 3.11. The Labute approximate surface area is 139 Å². The molecule has 1 aromatic rings. The SMILES string of the molecule is CN(CCOc1cccc(C(F)(F)C(=O)O)c1)C(=O)OC(C)(C)C. The summed E-state index contributed by atoms with van der Waals surface area (Å²) in [5.74, 6) is -6.14. The molecule has 0 radical (unpaired) electrons. The van der Waals surface area contributed by atoms with E-state index < -0.39 is 29.1 Å². The van der Waals surface area contributed by atoms with Crippen LogP contribution in [0.1, 0.15) is 26.3 Å². The maximum absolute atomic E-state index is 13.4. The Bertz CT molecular complexity index is 598. The van der Waals surface area contributed by atoms with Crippen LogP contribution in [0.25, 0.3) is 0 Å². The van der Waals surface area contributed by atoms with Gasteiger partial charge in [-0.3, -0.25) is 0 Å². The molecule has 0 unspecified atom stereocenters. The number of ether oxygens (including phenoxy) is 2. The van der Waals surface area contributed by atoms with Crippen LogP contribution in [0.5, 0.6) is 5.75 Å². The summed E-state index contributed by atoms with van der Waals surface area (Å²) in [6.07, 6.45) is -0.530. The van der Waals surface area contributed by atoms with Crippen molar-refractivity contribution in [2.75, 3.05) is 20.2 Å². The zero-order valence-corrected chi connectivity index (χ0v) is 14.0. The maximum Gasteiger partial charge on any atom is 0.410 e. The number of likely N-dealkylation sites (N-methyl/N-ethyl adjacent to an activating group) is 1. The average molecular weight is 345 g/mol. The van der Waals surface area contributed by atoms with E-state index in [0.29, 0.717) is 0 Å². The second-order valence-corrected chi connectivity index (χ2v) is 6.16. The first-order valence-electron chi connectivity index (χ1n) is 7.22. The fourth-order valence-electron chi connectivity index (χ4n) is 1.64. The first-order valence-corrected chi connectivity index (χ1v) is 7.22. The molecule has 0 fully saturated rings. The van der Waals surface area contributed by atoms with Gasteiger partial charge in [-0.15, -0.1) is 0 Å². The minimum Gasteiger partial charge on any atom is -0.492 e. The third-order valence-corrected chi connectivity index (χ3v) is 2.87. The molecule has 0 aliphatic heterocycles. The van der Waals surface area contributed by atoms with Gasteiger partial charge in [0.15, 0.2) is 0 Å². The molecule has 1 aromatic carbocycles. The van der Waals surface area contributed by atoms with Crippen molar-refractivity contribution in [2.24, 2.45) is 0 Å². The van der Waals surface area contributed by atoms with E-state index in [1.165, 1.54) is 24.1 Å². The van der Waals surface area contributed by atoms with Gasteiger partial charge in [-0.1, -0.05) is 12.1 Å². The van der Waals surface area contributed by atoms with E-state index in [9.17, 15) is 18.4 Å². The first-order chi connectivity index (χ1) is 10.9. The third kappa shape index (κ3) is 5.68. The highest BCUT2D eigenvalue weighted by atomic mass is 19.3. The highest BCUT2D eigenvalue weighted by molar-refractivity contribution is 5.77. The number of halogens is 2. The van der Waals surface area contributed by atoms with Gasteiger partial charge in [0.05, 0.1) is 6.54 Å². The lowest BCUT2D eigenvalue weighted by Gasteiger charge is -2.24. The predicted molar refractivity (Wildman–Crippen MR) is 82.3 cm³/mol. The fourth-order valence-corrected chi connectivity index (χ4v) is 1.64. The Kier molecular flexibility index (Phi) is 6.11. The summed E-state index contributed by atoms with van der Waals surface area (Å²) in [4.78, 5) is 23.6. The Morgan fingerprint density at radius 1 is 1.25 bits per heavy atom. The number of alkyl halides is 2. The van der Waals surface area contributed by atoms with Gasteiger partial charge in [0, 0.05) is 12.6 Å². The van der Waals surface area contributed by atoms with Crippen molar-refractivity contribution in [3.8, 4) is 5.75 Å². The minimum absolute atomic E-state index is 0.0395. The van der Waals surface area contributed by atoms with Crippen molar-refractivity contribution < 1.29 is 33.0 Å². The monoisotopic (exact) mass is 345 g/mol. The molecule has 0 spiro atoms. The van der Waals surface area contributed by atoms with Crippen molar-refractivity contribution in [1.82, 2.24) is 4.90 Å². The zero-order chi connectivity index (χ0) is 18.5. The molecule has 0 atom stereocenters. The lowest BCUT2D eigenvalue weighted by atomic mass is 10.1. The molecule has 6 nitrogen and oxygen atoms in total. The molecule has 1 amide bonds. The number of benzene rings is 1. The van der Waals surface area contributed by atoms with Gasteiger partial charge in [0.1, 0.15) is 18.0 Å². The Hall–Kier alpha value is -2.38. The molecular formula is C16H21F2NO5. The standard InChI is InChI=1S/C16H21F2NO5/c1-15(2,3)24-14(22)19(4)8-9-23-12-7-5-6-11(10-12)16(17,18)13(20)21/h5-7,10H,8-9H2,1-4H3,(H,20,21). The number of carbonyl (C=O) groups is 2. The van der Waals surface area contributed by atoms with Crippen LogP contribution in [-0.4, -0.2) is 47.9 Å². The molecular weight excluding hydrogens is 324 g/mol. The molecule has 0 aliphatic rings. The molecule has 0 aliphatic carbocycles. The van der Waals surface area contributed by atoms with Crippen LogP contribution < -0.4 is 4.74 Å². The van der Waals surface area contributed by atoms with Crippen LogP contribution in [0.2, 0.25) is 0 Å². The van der Waals surface area contributed by atoms with E-state index >= 15 is 0 Å². The summed E-state index contributed by atoms with van der Waals surface area (Å²) in [6.45, 7) is 5.43. The van der Waals surface area contributed by atoms with E-state index in [2.05, 4.69) is 0 Å². The number of amides is 1. The number of aliphatic carboxylic acids is 1. The average Bonchev–Trinajstić information content (AvgIpc) is 2.45. The molecule has 1 rings (SSSR count). The topological polar surface area (TPSA) is 76.1 Å². The normalized spacial score (nSPS) is 11.8. The number of carboxylic acids is 1. The second kappa shape index (κ2) is 7.46. The van der Waals surface area contributed by atoms with Crippen LogP contribution in [0, 0.1) is 0 Å². The second-order valence-electron chi connectivity index (χ2n) is 6.16. The molecule has 0 bridgehead atoms. The van der Waals surface area contributed by atoms with Crippen molar-refractivity contribution >= 4 is 12.1 Å². The van der Waals surface area contributed by atoms with Gasteiger partial charge in [-0.25, -0.2) is 9.59 Å². The van der Waals surface area contributed by atoms with Crippen molar-refractivity contribution in [1.29, 1.82) is 0 Å². The third-order valence-electron chi connectivity index (χ3n) is 2.87. The Morgan fingerprint density at radius 3 is 2.42 bits per heavy atom. The molecule has 0 aromatic heterocycles. The quantitative estimate of drug-likeness (QED) is 0.857. The van der Waals surface area contributed by atoms with Crippen molar-refractivity contribution in [3.63, 3.8) is 0 Å². The van der Waals surface area contributed by atoms with Gasteiger partial charge < -0.3 is 19.5 Å². The summed E-state index contributed by atoms with van der Waals surface area (Å²) >= 11 is 0. The van der Waals surface area contributed by atoms with Crippen LogP contribution in [0.15, 0.2) is 24.3 Å². The highest BCUT2D eigenvalue weighted by Gasteiger charge is 2.41. The summed E-state index contributed by atoms with van der Waals surface area (Å²) < 4.78 is 37.4. The van der Waals surface area contributed by atoms with Crippen LogP contribution in [0.4, 0.5) is 13.6 Å². The molecule has 1 N–H and O–H groups in total. The lowest BCUT2D eigenvalue weighted by molar-refractivity contribution is -0.166. The van der Waals surface area contributed by atoms with Gasteiger partial charge in [-0.2, -0.15) is 8.78 Å². The minimum atomic E-state index is -3.99. The van der Waals surface area contributed by atoms with Crippen LogP contribution in [-0.2, 0) is 15.5 Å². The van der Waals surface area contributed by atoms with Crippen molar-refractivity contribution in [2.45, 2.75) is 32.3 Å². The molecule has 0 saturated heterocycles. The number of carboxylic acid groups (broad SMARTS) is 1. The first kappa shape index (κ1) is 19.7. The number of hydrogen-bond donors (Lipinski definition) is 1. The largest absolute Gasteiger partial charge is 0.492 e. The van der Waals surface area contributed by atoms with Crippen LogP contribution >= 0.6 is 0 Å². The van der Waals surface area contributed by atoms with E-state index in [1.807, 2.05) is 0 Å². The number of nitrogens with zero attached hydrogens (tertiary/aromatic N) is 1. The number of hydrogen-bond acceptors (Lipinski definition) is 4. The summed E-state index contributed by atoms with van der Waals surface area (Å²) in [7, 11) is 1.52. The molecule has 0 heterocycles. The Balaban J connectivity index is 2.60. The molecule has 0 saturated carbocycles. The van der Waals surface area contributed by atoms with Crippen LogP contribution in [0.3, 0.4) is 0 Å². The summed E-state index contributed by atoms with van der Waals surface area (Å²) in [5.41, 5.74) is -1.30. The van der Waals surface area contributed by atoms with Gasteiger partial charge >= 0.3 is 18.0 Å². The molecule has 8 heteroatoms. The Morgan fingerprint density at radius 2 is 1.88 bits per heavy atom. The smallest absolute Gasteiger partial charge is 0.410 e. The van der Waals surface area contributed by atoms with E-state index in [4.69, 9.17) is 14.6 Å². The van der Waals surface area contributed by atoms with Gasteiger partial charge in [0.25, 0.3) is 0 Å². The van der Waals surface area contributed by atoms with E-state index in [0.717, 1.165) is 12.1 Å². The highest BCUT2D eigenvalue weighted by Crippen LogP contribution is 2.30. The fraction of sp³-hybridized carbons (Fsp3) is 0.500. The summed E-state index contributed by atoms with van der Waals surface area (Å²) in [5, 5.41) is 8.54. The van der Waals surface area contributed by atoms with E-state index in [1.54, 1.807) is 20.8 Å². The summed E-state index contributed by atoms with van der Waals surface area (Å²) in [6, 6.07) is 4.67. The molecule has 134 valence electrons. The zero-order valence-electron chi connectivity index (χ0n) is 14.0. The number of rotatable bonds is 6. The van der Waals surface area contributed by atoms with Gasteiger partial charge in [0.2, 0.25) is 0 Å². The maximum atomic E-state index is 13.4. The number of carbonyl (C=O) groups excluding carboxylic acids is 1.